The Labute approximate surface area is 156 Å². The molecule has 1 amide bonds. The Morgan fingerprint density at radius 2 is 1.72 bits per heavy atom. The molecule has 6 heteroatoms. The van der Waals surface area contributed by atoms with Gasteiger partial charge in [0.15, 0.2) is 0 Å². The summed E-state index contributed by atoms with van der Waals surface area (Å²) in [5.41, 5.74) is 2.80. The van der Waals surface area contributed by atoms with Gasteiger partial charge < -0.3 is 10.2 Å². The van der Waals surface area contributed by atoms with Crippen LogP contribution in [0.25, 0.3) is 0 Å². The number of aromatic nitrogens is 1. The third-order valence-electron chi connectivity index (χ3n) is 3.69. The summed E-state index contributed by atoms with van der Waals surface area (Å²) in [5.74, 6) is -0.313. The summed E-state index contributed by atoms with van der Waals surface area (Å²) in [6, 6.07) is 18.4. The summed E-state index contributed by atoms with van der Waals surface area (Å²) in [5, 5.41) is 3.57. The van der Waals surface area contributed by atoms with Crippen molar-refractivity contribution in [3.05, 3.63) is 82.6 Å². The average molecular weight is 372 g/mol. The monoisotopic (exact) mass is 371 g/mol. The minimum absolute atomic E-state index is 0.313. The molecule has 1 N–H and O–H groups in total. The Bertz CT molecular complexity index is 883. The molecule has 1 aromatic heterocycles. The van der Waals surface area contributed by atoms with Crippen LogP contribution in [0.5, 0.6) is 0 Å². The molecule has 25 heavy (non-hydrogen) atoms. The van der Waals surface area contributed by atoms with E-state index in [4.69, 9.17) is 23.2 Å². The molecule has 0 atom stereocenters. The number of pyridine rings is 1. The number of para-hydroxylation sites is 1. The lowest BCUT2D eigenvalue weighted by Gasteiger charge is -2.19. The second-order valence-electron chi connectivity index (χ2n) is 5.38. The van der Waals surface area contributed by atoms with E-state index in [0.717, 1.165) is 11.4 Å². The Hall–Kier alpha value is -2.56. The number of anilines is 3. The molecule has 0 aliphatic carbocycles. The number of nitrogens with zero attached hydrogens (tertiary/aromatic N) is 2. The molecule has 0 unspecified atom stereocenters. The summed E-state index contributed by atoms with van der Waals surface area (Å²) in [7, 11) is 1.95. The predicted octanol–water partition coefficient (Wildman–Crippen LogP) is 5.41. The van der Waals surface area contributed by atoms with Crippen molar-refractivity contribution >= 4 is 46.2 Å². The molecule has 126 valence electrons. The Kier molecular flexibility index (Phi) is 5.22. The number of nitrogens with one attached hydrogen (secondary N) is 1. The van der Waals surface area contributed by atoms with E-state index in [2.05, 4.69) is 10.3 Å². The van der Waals surface area contributed by atoms with Gasteiger partial charge in [0, 0.05) is 18.4 Å². The van der Waals surface area contributed by atoms with E-state index in [1.165, 1.54) is 0 Å². The highest BCUT2D eigenvalue weighted by molar-refractivity contribution is 6.42. The average Bonchev–Trinajstić information content (AvgIpc) is 2.65. The second-order valence-corrected chi connectivity index (χ2v) is 6.19. The molecule has 0 spiro atoms. The predicted molar refractivity (Wildman–Crippen MR) is 103 cm³/mol. The lowest BCUT2D eigenvalue weighted by molar-refractivity contribution is 0.102. The van der Waals surface area contributed by atoms with Crippen LogP contribution in [0.4, 0.5) is 17.1 Å². The van der Waals surface area contributed by atoms with Crippen LogP contribution in [0.1, 0.15) is 10.5 Å². The fraction of sp³-hybridized carbons (Fsp3) is 0.0526. The van der Waals surface area contributed by atoms with E-state index in [1.54, 1.807) is 30.5 Å². The molecule has 0 saturated carbocycles. The van der Waals surface area contributed by atoms with Crippen molar-refractivity contribution in [2.24, 2.45) is 0 Å². The van der Waals surface area contributed by atoms with Gasteiger partial charge in [0.2, 0.25) is 0 Å². The van der Waals surface area contributed by atoms with Gasteiger partial charge in [-0.3, -0.25) is 4.79 Å². The summed E-state index contributed by atoms with van der Waals surface area (Å²) in [6.07, 6.45) is 1.66. The highest BCUT2D eigenvalue weighted by Gasteiger charge is 2.10. The van der Waals surface area contributed by atoms with Crippen molar-refractivity contribution in [3.63, 3.8) is 0 Å². The smallest absolute Gasteiger partial charge is 0.274 e. The SMILES string of the molecule is CN(c1ccccc1)c1ccc(C(=O)Nc2ccc(Cl)c(Cl)c2)nc1. The third-order valence-corrected chi connectivity index (χ3v) is 4.43. The number of amides is 1. The fourth-order valence-electron chi connectivity index (χ4n) is 2.29. The van der Waals surface area contributed by atoms with Crippen LogP contribution in [0.3, 0.4) is 0 Å². The number of benzene rings is 2. The Balaban J connectivity index is 1.73. The zero-order chi connectivity index (χ0) is 17.8. The number of hydrogen-bond donors (Lipinski definition) is 1. The second kappa shape index (κ2) is 7.55. The Morgan fingerprint density at radius 1 is 0.960 bits per heavy atom. The van der Waals surface area contributed by atoms with E-state index in [9.17, 15) is 4.79 Å². The van der Waals surface area contributed by atoms with Crippen molar-refractivity contribution in [1.29, 1.82) is 0 Å². The molecule has 0 aliphatic heterocycles. The van der Waals surface area contributed by atoms with Gasteiger partial charge in [0.1, 0.15) is 5.69 Å². The first-order chi connectivity index (χ1) is 12.0. The highest BCUT2D eigenvalue weighted by Crippen LogP contribution is 2.26. The zero-order valence-corrected chi connectivity index (χ0v) is 14.9. The summed E-state index contributed by atoms with van der Waals surface area (Å²) in [4.78, 5) is 18.5. The van der Waals surface area contributed by atoms with Crippen molar-refractivity contribution in [2.45, 2.75) is 0 Å². The van der Waals surface area contributed by atoms with Crippen LogP contribution >= 0.6 is 23.2 Å². The van der Waals surface area contributed by atoms with Gasteiger partial charge >= 0.3 is 0 Å². The van der Waals surface area contributed by atoms with Crippen LogP contribution in [-0.4, -0.2) is 17.9 Å². The van der Waals surface area contributed by atoms with E-state index in [-0.39, 0.29) is 5.91 Å². The molecule has 4 nitrogen and oxygen atoms in total. The zero-order valence-electron chi connectivity index (χ0n) is 13.4. The number of hydrogen-bond acceptors (Lipinski definition) is 3. The quantitative estimate of drug-likeness (QED) is 0.666. The van der Waals surface area contributed by atoms with E-state index in [0.29, 0.717) is 21.4 Å². The molecule has 0 bridgehead atoms. The van der Waals surface area contributed by atoms with Gasteiger partial charge in [0.05, 0.1) is 21.9 Å². The first-order valence-corrected chi connectivity index (χ1v) is 8.31. The molecule has 3 rings (SSSR count). The van der Waals surface area contributed by atoms with E-state index >= 15 is 0 Å². The minimum atomic E-state index is -0.313. The normalized spacial score (nSPS) is 10.4. The summed E-state index contributed by atoms with van der Waals surface area (Å²) in [6.45, 7) is 0. The molecule has 0 radical (unpaired) electrons. The first-order valence-electron chi connectivity index (χ1n) is 7.56. The number of rotatable bonds is 4. The number of halogens is 2. The van der Waals surface area contributed by atoms with Gasteiger partial charge in [-0.05, 0) is 42.5 Å². The largest absolute Gasteiger partial charge is 0.343 e. The lowest BCUT2D eigenvalue weighted by Crippen LogP contribution is -2.15. The van der Waals surface area contributed by atoms with Crippen LogP contribution in [0, 0.1) is 0 Å². The van der Waals surface area contributed by atoms with Crippen molar-refractivity contribution in [3.8, 4) is 0 Å². The number of carbonyl (C=O) groups is 1. The molecule has 3 aromatic rings. The summed E-state index contributed by atoms with van der Waals surface area (Å²) >= 11 is 11.8. The highest BCUT2D eigenvalue weighted by atomic mass is 35.5. The molecule has 0 aliphatic rings. The van der Waals surface area contributed by atoms with Crippen LogP contribution in [-0.2, 0) is 0 Å². The van der Waals surface area contributed by atoms with Crippen molar-refractivity contribution < 1.29 is 4.79 Å². The molecule has 1 heterocycles. The standard InChI is InChI=1S/C19H15Cl2N3O/c1-24(14-5-3-2-4-6-14)15-8-10-18(22-12-15)19(25)23-13-7-9-16(20)17(21)11-13/h2-12H,1H3,(H,23,25). The van der Waals surface area contributed by atoms with Crippen LogP contribution in [0.15, 0.2) is 66.9 Å². The molecule has 0 fully saturated rings. The maximum atomic E-state index is 12.3. The maximum Gasteiger partial charge on any atom is 0.274 e. The van der Waals surface area contributed by atoms with Crippen LogP contribution < -0.4 is 10.2 Å². The van der Waals surface area contributed by atoms with E-state index in [1.807, 2.05) is 48.3 Å². The fourth-order valence-corrected chi connectivity index (χ4v) is 2.59. The maximum absolute atomic E-state index is 12.3. The molecule has 2 aromatic carbocycles. The molecule has 0 saturated heterocycles. The first kappa shape index (κ1) is 17.3. The van der Waals surface area contributed by atoms with E-state index < -0.39 is 0 Å². The summed E-state index contributed by atoms with van der Waals surface area (Å²) < 4.78 is 0. The lowest BCUT2D eigenvalue weighted by atomic mass is 10.2. The van der Waals surface area contributed by atoms with Gasteiger partial charge in [0.25, 0.3) is 5.91 Å². The Morgan fingerprint density at radius 3 is 2.36 bits per heavy atom. The number of carbonyl (C=O) groups excluding carboxylic acids is 1. The molecular formula is C19H15Cl2N3O. The third kappa shape index (κ3) is 4.10. The van der Waals surface area contributed by atoms with Gasteiger partial charge in [-0.2, -0.15) is 0 Å². The van der Waals surface area contributed by atoms with Crippen molar-refractivity contribution in [2.75, 3.05) is 17.3 Å². The van der Waals surface area contributed by atoms with Gasteiger partial charge in [-0.15, -0.1) is 0 Å². The topological polar surface area (TPSA) is 45.2 Å². The molecular weight excluding hydrogens is 357 g/mol. The van der Waals surface area contributed by atoms with Crippen molar-refractivity contribution in [1.82, 2.24) is 4.98 Å². The van der Waals surface area contributed by atoms with Gasteiger partial charge in [-0.1, -0.05) is 41.4 Å². The van der Waals surface area contributed by atoms with Gasteiger partial charge in [-0.25, -0.2) is 4.98 Å². The van der Waals surface area contributed by atoms with Crippen LogP contribution in [0.2, 0.25) is 10.0 Å². The minimum Gasteiger partial charge on any atom is -0.343 e.